The van der Waals surface area contributed by atoms with E-state index in [9.17, 15) is 4.79 Å². The predicted molar refractivity (Wildman–Crippen MR) is 70.1 cm³/mol. The van der Waals surface area contributed by atoms with Gasteiger partial charge in [0, 0.05) is 16.8 Å². The Kier molecular flexibility index (Phi) is 2.86. The molecule has 3 N–H and O–H groups in total. The van der Waals surface area contributed by atoms with Gasteiger partial charge in [-0.15, -0.1) is 0 Å². The Morgan fingerprint density at radius 2 is 1.94 bits per heavy atom. The maximum Gasteiger partial charge on any atom is 0.251 e. The Morgan fingerprint density at radius 1 is 1.29 bits per heavy atom. The van der Waals surface area contributed by atoms with Gasteiger partial charge in [0.1, 0.15) is 0 Å². The molecule has 1 aliphatic carbocycles. The van der Waals surface area contributed by atoms with E-state index in [0.717, 1.165) is 35.2 Å². The van der Waals surface area contributed by atoms with Gasteiger partial charge in [-0.1, -0.05) is 0 Å². The summed E-state index contributed by atoms with van der Waals surface area (Å²) in [5.74, 6) is 0.0211. The van der Waals surface area contributed by atoms with Crippen LogP contribution in [-0.2, 0) is 0 Å². The van der Waals surface area contributed by atoms with Crippen molar-refractivity contribution < 1.29 is 4.79 Å². The summed E-state index contributed by atoms with van der Waals surface area (Å²) < 4.78 is 0. The molecule has 1 saturated carbocycles. The third-order valence-corrected chi connectivity index (χ3v) is 3.73. The summed E-state index contributed by atoms with van der Waals surface area (Å²) in [6.45, 7) is 5.96. The van der Waals surface area contributed by atoms with E-state index in [4.69, 9.17) is 5.73 Å². The Balaban J connectivity index is 2.22. The van der Waals surface area contributed by atoms with Crippen LogP contribution < -0.4 is 11.1 Å². The number of benzene rings is 1. The second-order valence-electron chi connectivity index (χ2n) is 5.39. The van der Waals surface area contributed by atoms with Crippen molar-refractivity contribution in [2.75, 3.05) is 5.73 Å². The molecule has 0 aromatic heterocycles. The van der Waals surface area contributed by atoms with Gasteiger partial charge in [-0.2, -0.15) is 0 Å². The van der Waals surface area contributed by atoms with Crippen LogP contribution in [0.25, 0.3) is 0 Å². The average molecular weight is 232 g/mol. The molecule has 0 heterocycles. The van der Waals surface area contributed by atoms with Gasteiger partial charge in [0.2, 0.25) is 0 Å². The number of hydrogen-bond donors (Lipinski definition) is 2. The summed E-state index contributed by atoms with van der Waals surface area (Å²) in [5.41, 5.74) is 9.20. The molecule has 92 valence electrons. The molecular weight excluding hydrogens is 212 g/mol. The van der Waals surface area contributed by atoms with Crippen molar-refractivity contribution in [1.29, 1.82) is 0 Å². The number of nitrogen functional groups attached to an aromatic ring is 1. The first-order chi connectivity index (χ1) is 7.91. The van der Waals surface area contributed by atoms with Gasteiger partial charge in [0.05, 0.1) is 0 Å². The first-order valence-corrected chi connectivity index (χ1v) is 6.10. The lowest BCUT2D eigenvalue weighted by atomic mass is 9.78. The molecule has 0 bridgehead atoms. The molecule has 3 heteroatoms. The molecule has 0 atom stereocenters. The topological polar surface area (TPSA) is 55.1 Å². The highest BCUT2D eigenvalue weighted by atomic mass is 16.1. The highest BCUT2D eigenvalue weighted by Gasteiger charge is 2.33. The Morgan fingerprint density at radius 3 is 2.47 bits per heavy atom. The van der Waals surface area contributed by atoms with Gasteiger partial charge in [-0.3, -0.25) is 4.79 Å². The van der Waals surface area contributed by atoms with Crippen LogP contribution in [0, 0.1) is 13.8 Å². The maximum atomic E-state index is 12.2. The molecule has 1 aromatic rings. The number of aryl methyl sites for hydroxylation is 2. The fourth-order valence-electron chi connectivity index (χ4n) is 2.26. The first-order valence-electron chi connectivity index (χ1n) is 6.10. The summed E-state index contributed by atoms with van der Waals surface area (Å²) in [4.78, 5) is 12.2. The fraction of sp³-hybridized carbons (Fsp3) is 0.500. The highest BCUT2D eigenvalue weighted by Crippen LogP contribution is 2.31. The smallest absolute Gasteiger partial charge is 0.251 e. The summed E-state index contributed by atoms with van der Waals surface area (Å²) in [6.07, 6.45) is 3.36. The van der Waals surface area contributed by atoms with Gasteiger partial charge >= 0.3 is 0 Å². The van der Waals surface area contributed by atoms with Crippen LogP contribution in [0.3, 0.4) is 0 Å². The van der Waals surface area contributed by atoms with E-state index in [1.54, 1.807) is 0 Å². The number of nitrogens with one attached hydrogen (secondary N) is 1. The molecule has 1 fully saturated rings. The van der Waals surface area contributed by atoms with E-state index in [2.05, 4.69) is 12.2 Å². The van der Waals surface area contributed by atoms with Crippen molar-refractivity contribution in [3.8, 4) is 0 Å². The fourth-order valence-corrected chi connectivity index (χ4v) is 2.26. The second-order valence-corrected chi connectivity index (χ2v) is 5.39. The Bertz CT molecular complexity index is 462. The van der Waals surface area contributed by atoms with Crippen LogP contribution in [0.5, 0.6) is 0 Å². The van der Waals surface area contributed by atoms with Crippen LogP contribution >= 0.6 is 0 Å². The summed E-state index contributed by atoms with van der Waals surface area (Å²) in [7, 11) is 0. The zero-order valence-electron chi connectivity index (χ0n) is 10.8. The molecule has 1 aromatic carbocycles. The third kappa shape index (κ3) is 2.28. The largest absolute Gasteiger partial charge is 0.399 e. The van der Waals surface area contributed by atoms with Crippen molar-refractivity contribution >= 4 is 11.6 Å². The zero-order valence-corrected chi connectivity index (χ0v) is 10.8. The molecule has 3 nitrogen and oxygen atoms in total. The van der Waals surface area contributed by atoms with Crippen LogP contribution in [0.4, 0.5) is 5.69 Å². The lowest BCUT2D eigenvalue weighted by Gasteiger charge is -2.39. The van der Waals surface area contributed by atoms with E-state index in [0.29, 0.717) is 0 Å². The summed E-state index contributed by atoms with van der Waals surface area (Å²) in [5, 5.41) is 3.12. The van der Waals surface area contributed by atoms with E-state index >= 15 is 0 Å². The molecule has 0 saturated heterocycles. The van der Waals surface area contributed by atoms with Crippen molar-refractivity contribution in [3.63, 3.8) is 0 Å². The molecule has 1 amide bonds. The van der Waals surface area contributed by atoms with Gasteiger partial charge in [-0.25, -0.2) is 0 Å². The van der Waals surface area contributed by atoms with Crippen LogP contribution in [0.1, 0.15) is 47.7 Å². The summed E-state index contributed by atoms with van der Waals surface area (Å²) >= 11 is 0. The van der Waals surface area contributed by atoms with E-state index in [1.807, 2.05) is 26.0 Å². The molecular formula is C14H20N2O. The third-order valence-electron chi connectivity index (χ3n) is 3.73. The van der Waals surface area contributed by atoms with Crippen LogP contribution in [0.15, 0.2) is 12.1 Å². The average Bonchev–Trinajstić information content (AvgIpc) is 2.21. The van der Waals surface area contributed by atoms with Gasteiger partial charge in [-0.05, 0) is 63.3 Å². The first kappa shape index (κ1) is 12.0. The zero-order chi connectivity index (χ0) is 12.6. The molecule has 0 unspecified atom stereocenters. The van der Waals surface area contributed by atoms with Gasteiger partial charge in [0.25, 0.3) is 5.91 Å². The van der Waals surface area contributed by atoms with Crippen LogP contribution in [0.2, 0.25) is 0 Å². The minimum Gasteiger partial charge on any atom is -0.399 e. The van der Waals surface area contributed by atoms with Crippen LogP contribution in [-0.4, -0.2) is 11.4 Å². The molecule has 17 heavy (non-hydrogen) atoms. The number of carbonyl (C=O) groups excluding carboxylic acids is 1. The van der Waals surface area contributed by atoms with E-state index in [-0.39, 0.29) is 11.4 Å². The minimum atomic E-state index is -0.00118. The number of hydrogen-bond acceptors (Lipinski definition) is 2. The lowest BCUT2D eigenvalue weighted by Crippen LogP contribution is -2.51. The monoisotopic (exact) mass is 232 g/mol. The van der Waals surface area contributed by atoms with Gasteiger partial charge in [0.15, 0.2) is 0 Å². The molecule has 0 spiro atoms. The standard InChI is InChI=1S/C14H20N2O/c1-9-8-12(15)10(2)7-11(9)13(17)16-14(3)5-4-6-14/h7-8H,4-6,15H2,1-3H3,(H,16,17). The maximum absolute atomic E-state index is 12.2. The number of amides is 1. The Labute approximate surface area is 102 Å². The van der Waals surface area contributed by atoms with Crippen molar-refractivity contribution in [2.45, 2.75) is 45.6 Å². The van der Waals surface area contributed by atoms with E-state index in [1.165, 1.54) is 6.42 Å². The molecule has 1 aliphatic rings. The van der Waals surface area contributed by atoms with Gasteiger partial charge < -0.3 is 11.1 Å². The summed E-state index contributed by atoms with van der Waals surface area (Å²) in [6, 6.07) is 3.75. The van der Waals surface area contributed by atoms with Crippen molar-refractivity contribution in [1.82, 2.24) is 5.32 Å². The molecule has 0 radical (unpaired) electrons. The van der Waals surface area contributed by atoms with Crippen molar-refractivity contribution in [3.05, 3.63) is 28.8 Å². The lowest BCUT2D eigenvalue weighted by molar-refractivity contribution is 0.0850. The van der Waals surface area contributed by atoms with Crippen molar-refractivity contribution in [2.24, 2.45) is 0 Å². The molecule has 0 aliphatic heterocycles. The van der Waals surface area contributed by atoms with E-state index < -0.39 is 0 Å². The predicted octanol–water partition coefficient (Wildman–Crippen LogP) is 2.56. The highest BCUT2D eigenvalue weighted by molar-refractivity contribution is 5.96. The normalized spacial score (nSPS) is 17.4. The quantitative estimate of drug-likeness (QED) is 0.770. The SMILES string of the molecule is Cc1cc(C(=O)NC2(C)CCC2)c(C)cc1N. The number of nitrogens with two attached hydrogens (primary N) is 1. The molecule has 2 rings (SSSR count). The number of carbonyl (C=O) groups is 1. The second kappa shape index (κ2) is 4.06. The Hall–Kier alpha value is -1.51. The minimum absolute atomic E-state index is 0.00118. The number of anilines is 1. The number of rotatable bonds is 2.